The summed E-state index contributed by atoms with van der Waals surface area (Å²) in [5, 5.41) is 5.95. The van der Waals surface area contributed by atoms with Crippen LogP contribution in [0.5, 0.6) is 0 Å². The van der Waals surface area contributed by atoms with Gasteiger partial charge in [-0.15, -0.1) is 0 Å². The van der Waals surface area contributed by atoms with E-state index in [0.29, 0.717) is 5.58 Å². The van der Waals surface area contributed by atoms with Crippen LogP contribution in [0, 0.1) is 0 Å². The zero-order valence-corrected chi connectivity index (χ0v) is 34.0. The summed E-state index contributed by atoms with van der Waals surface area (Å²) in [6.07, 6.45) is 1.63. The van der Waals surface area contributed by atoms with Crippen LogP contribution in [0.2, 0.25) is 0 Å². The Morgan fingerprint density at radius 1 is 0.317 bits per heavy atom. The summed E-state index contributed by atoms with van der Waals surface area (Å²) in [7, 11) is 0. The zero-order valence-electron chi connectivity index (χ0n) is 34.0. The number of para-hydroxylation sites is 4. The van der Waals surface area contributed by atoms with Crippen LogP contribution in [-0.4, -0.2) is 19.1 Å². The van der Waals surface area contributed by atoms with E-state index in [9.17, 15) is 0 Å². The quantitative estimate of drug-likeness (QED) is 0.168. The molecule has 0 N–H and O–H groups in total. The second-order valence-electron chi connectivity index (χ2n) is 16.2. The molecule has 0 bridgehead atoms. The lowest BCUT2D eigenvalue weighted by molar-refractivity contribution is 0.667. The molecule has 0 atom stereocenters. The van der Waals surface area contributed by atoms with Gasteiger partial charge in [-0.25, -0.2) is 9.97 Å². The Labute approximate surface area is 362 Å². The fourth-order valence-electron chi connectivity index (χ4n) is 9.72. The fraction of sp³-hybridized carbons (Fsp3) is 0. The Morgan fingerprint density at radius 2 is 0.794 bits per heavy atom. The zero-order chi connectivity index (χ0) is 41.4. The van der Waals surface area contributed by atoms with Crippen molar-refractivity contribution in [1.82, 2.24) is 19.1 Å². The van der Waals surface area contributed by atoms with Crippen LogP contribution < -0.4 is 0 Å². The first-order valence-electron chi connectivity index (χ1n) is 21.3. The summed E-state index contributed by atoms with van der Waals surface area (Å²) in [6, 6.07) is 76.2. The Morgan fingerprint density at radius 3 is 1.46 bits per heavy atom. The van der Waals surface area contributed by atoms with Gasteiger partial charge in [0.25, 0.3) is 0 Å². The van der Waals surface area contributed by atoms with Crippen molar-refractivity contribution in [3.8, 4) is 56.0 Å². The molecular formula is C58H36N4O. The van der Waals surface area contributed by atoms with Gasteiger partial charge in [-0.2, -0.15) is 0 Å². The van der Waals surface area contributed by atoms with E-state index in [1.807, 2.05) is 24.3 Å². The summed E-state index contributed by atoms with van der Waals surface area (Å²) in [4.78, 5) is 9.27. The van der Waals surface area contributed by atoms with Crippen LogP contribution in [0.15, 0.2) is 223 Å². The summed E-state index contributed by atoms with van der Waals surface area (Å²) in [5.74, 6) is 0. The highest BCUT2D eigenvalue weighted by atomic mass is 16.3. The van der Waals surface area contributed by atoms with Crippen LogP contribution in [0.4, 0.5) is 0 Å². The molecule has 0 fully saturated rings. The summed E-state index contributed by atoms with van der Waals surface area (Å²) < 4.78 is 11.1. The van der Waals surface area contributed by atoms with Gasteiger partial charge in [0, 0.05) is 43.9 Å². The summed E-state index contributed by atoms with van der Waals surface area (Å²) in [5.41, 5.74) is 18.1. The number of aromatic nitrogens is 4. The minimum Gasteiger partial charge on any atom is -0.452 e. The predicted octanol–water partition coefficient (Wildman–Crippen LogP) is 15.2. The first-order chi connectivity index (χ1) is 31.2. The molecule has 13 aromatic rings. The molecule has 0 amide bonds. The average Bonchev–Trinajstić information content (AvgIpc) is 4.02. The van der Waals surface area contributed by atoms with Gasteiger partial charge in [-0.05, 0) is 118 Å². The third-order valence-corrected chi connectivity index (χ3v) is 12.6. The van der Waals surface area contributed by atoms with Gasteiger partial charge >= 0.3 is 0 Å². The second-order valence-corrected chi connectivity index (χ2v) is 16.2. The molecule has 5 heteroatoms. The highest BCUT2D eigenvalue weighted by molar-refractivity contribution is 6.13. The Hall–Kier alpha value is -8.54. The van der Waals surface area contributed by atoms with E-state index >= 15 is 0 Å². The third kappa shape index (κ3) is 5.64. The SMILES string of the molecule is c1ccc(-n2c3ccccc3c3cc(-c4ccc5c(c4)c4ccccc4n5-c4cccc(-c5cccc(-c6cccc(-c7ncnc8c7oc7ccccc78)c6)c5)c4)ccc32)cc1. The number of furan rings is 1. The molecule has 0 spiro atoms. The van der Waals surface area contributed by atoms with Crippen LogP contribution in [0.25, 0.3) is 122 Å². The highest BCUT2D eigenvalue weighted by Gasteiger charge is 2.18. The molecule has 13 rings (SSSR count). The fourth-order valence-corrected chi connectivity index (χ4v) is 9.72. The van der Waals surface area contributed by atoms with Gasteiger partial charge in [-0.3, -0.25) is 0 Å². The third-order valence-electron chi connectivity index (χ3n) is 12.6. The van der Waals surface area contributed by atoms with Crippen molar-refractivity contribution in [1.29, 1.82) is 0 Å². The summed E-state index contributed by atoms with van der Waals surface area (Å²) in [6.45, 7) is 0. The van der Waals surface area contributed by atoms with Gasteiger partial charge in [0.1, 0.15) is 23.1 Å². The largest absolute Gasteiger partial charge is 0.452 e. The van der Waals surface area contributed by atoms with E-state index < -0.39 is 0 Å². The minimum atomic E-state index is 0.702. The summed E-state index contributed by atoms with van der Waals surface area (Å²) >= 11 is 0. The molecule has 0 aliphatic rings. The van der Waals surface area contributed by atoms with Crippen molar-refractivity contribution in [2.24, 2.45) is 0 Å². The average molecular weight is 805 g/mol. The van der Waals surface area contributed by atoms with Gasteiger partial charge in [0.15, 0.2) is 5.58 Å². The molecule has 4 aromatic heterocycles. The van der Waals surface area contributed by atoms with E-state index in [2.05, 4.69) is 202 Å². The number of hydrogen-bond donors (Lipinski definition) is 0. The smallest absolute Gasteiger partial charge is 0.180 e. The lowest BCUT2D eigenvalue weighted by Crippen LogP contribution is -1.94. The maximum atomic E-state index is 6.29. The number of benzene rings is 9. The molecular weight excluding hydrogens is 769 g/mol. The van der Waals surface area contributed by atoms with Crippen molar-refractivity contribution in [3.05, 3.63) is 219 Å². The number of rotatable bonds is 6. The molecule has 0 saturated heterocycles. The molecule has 0 aliphatic heterocycles. The van der Waals surface area contributed by atoms with Crippen LogP contribution >= 0.6 is 0 Å². The number of fused-ring (bicyclic) bond motifs is 9. The molecule has 0 aliphatic carbocycles. The van der Waals surface area contributed by atoms with Crippen molar-refractivity contribution < 1.29 is 4.42 Å². The molecule has 5 nitrogen and oxygen atoms in total. The topological polar surface area (TPSA) is 48.8 Å². The van der Waals surface area contributed by atoms with E-state index in [4.69, 9.17) is 9.40 Å². The first-order valence-corrected chi connectivity index (χ1v) is 21.3. The van der Waals surface area contributed by atoms with Gasteiger partial charge in [0.05, 0.1) is 22.1 Å². The normalized spacial score (nSPS) is 11.8. The van der Waals surface area contributed by atoms with Gasteiger partial charge in [-0.1, -0.05) is 127 Å². The molecule has 63 heavy (non-hydrogen) atoms. The molecule has 9 aromatic carbocycles. The van der Waals surface area contributed by atoms with E-state index in [1.165, 1.54) is 54.7 Å². The standard InChI is InChI=1S/C58H36N4O/c1-2-18-44(19-3-1)61-51-24-7-4-21-46(51)49-34-41(27-29-53(49)61)42-28-30-54-50(35-42)47-22-5-8-25-52(47)62(54)45-20-12-16-40(33-45)38-14-10-13-37(31-38)39-15-11-17-43(32-39)56-58-57(60-36-59-56)48-23-6-9-26-55(48)63-58/h1-36H. The molecule has 0 radical (unpaired) electrons. The van der Waals surface area contributed by atoms with E-state index in [1.54, 1.807) is 6.33 Å². The number of nitrogens with zero attached hydrogens (tertiary/aromatic N) is 4. The Kier molecular flexibility index (Phi) is 7.84. The Balaban J connectivity index is 0.877. The highest BCUT2D eigenvalue weighted by Crippen LogP contribution is 2.40. The van der Waals surface area contributed by atoms with Gasteiger partial charge in [0.2, 0.25) is 0 Å². The van der Waals surface area contributed by atoms with Crippen LogP contribution in [0.1, 0.15) is 0 Å². The number of hydrogen-bond acceptors (Lipinski definition) is 3. The first kappa shape index (κ1) is 35.2. The minimum absolute atomic E-state index is 0.702. The van der Waals surface area contributed by atoms with Crippen molar-refractivity contribution in [2.45, 2.75) is 0 Å². The lowest BCUT2D eigenvalue weighted by atomic mass is 9.97. The molecule has 294 valence electrons. The lowest BCUT2D eigenvalue weighted by Gasteiger charge is -2.12. The maximum Gasteiger partial charge on any atom is 0.180 e. The van der Waals surface area contributed by atoms with E-state index in [0.717, 1.165) is 61.4 Å². The van der Waals surface area contributed by atoms with Gasteiger partial charge < -0.3 is 13.6 Å². The van der Waals surface area contributed by atoms with E-state index in [-0.39, 0.29) is 0 Å². The second kappa shape index (κ2) is 14.0. The van der Waals surface area contributed by atoms with Crippen LogP contribution in [0.3, 0.4) is 0 Å². The molecule has 4 heterocycles. The Bertz CT molecular complexity index is 3930. The van der Waals surface area contributed by atoms with Crippen molar-refractivity contribution in [3.63, 3.8) is 0 Å². The molecule has 0 saturated carbocycles. The maximum absolute atomic E-state index is 6.29. The van der Waals surface area contributed by atoms with Crippen LogP contribution in [-0.2, 0) is 0 Å². The monoisotopic (exact) mass is 804 g/mol. The predicted molar refractivity (Wildman–Crippen MR) is 260 cm³/mol. The molecule has 0 unspecified atom stereocenters. The van der Waals surface area contributed by atoms with Crippen molar-refractivity contribution in [2.75, 3.05) is 0 Å². The van der Waals surface area contributed by atoms with Crippen molar-refractivity contribution >= 4 is 65.7 Å².